The highest BCUT2D eigenvalue weighted by Gasteiger charge is 2.02. The number of aryl methyl sites for hydroxylation is 1. The summed E-state index contributed by atoms with van der Waals surface area (Å²) in [5.41, 5.74) is 4.90. The zero-order valence-electron chi connectivity index (χ0n) is 6.90. The number of carbonyl (C=O) groups excluding carboxylic acids is 1. The quantitative estimate of drug-likeness (QED) is 0.612. The van der Waals surface area contributed by atoms with Crippen molar-refractivity contribution in [1.82, 2.24) is 15.2 Å². The van der Waals surface area contributed by atoms with Crippen LogP contribution in [0.5, 0.6) is 0 Å². The maximum atomic E-state index is 11.0. The lowest BCUT2D eigenvalue weighted by atomic mass is 10.5. The molecular formula is C6H8N4O2S. The number of H-pyrrole nitrogens is 1. The number of aromatic amines is 1. The Labute approximate surface area is 77.9 Å². The Kier molecular flexibility index (Phi) is 3.02. The average Bonchev–Trinajstić information content (AvgIpc) is 2.07. The highest BCUT2D eigenvalue weighted by atomic mass is 32.2. The number of amides is 1. The summed E-state index contributed by atoms with van der Waals surface area (Å²) < 4.78 is 0. The van der Waals surface area contributed by atoms with Gasteiger partial charge in [-0.05, 0) is 6.92 Å². The predicted molar refractivity (Wildman–Crippen MR) is 47.3 cm³/mol. The minimum atomic E-state index is -0.465. The maximum absolute atomic E-state index is 11.0. The van der Waals surface area contributed by atoms with Crippen molar-refractivity contribution in [3.8, 4) is 0 Å². The van der Waals surface area contributed by atoms with Gasteiger partial charge in [0.1, 0.15) is 5.69 Å². The van der Waals surface area contributed by atoms with E-state index in [0.29, 0.717) is 10.9 Å². The fraction of sp³-hybridized carbons (Fsp3) is 0.333. The molecule has 0 aromatic carbocycles. The van der Waals surface area contributed by atoms with Crippen molar-refractivity contribution in [3.63, 3.8) is 0 Å². The maximum Gasteiger partial charge on any atom is 0.273 e. The van der Waals surface area contributed by atoms with E-state index in [1.165, 1.54) is 0 Å². The van der Waals surface area contributed by atoms with E-state index in [9.17, 15) is 9.59 Å². The minimum Gasteiger partial charge on any atom is -0.369 e. The number of thioether (sulfide) groups is 1. The largest absolute Gasteiger partial charge is 0.369 e. The topological polar surface area (TPSA) is 102 Å². The standard InChI is InChI=1S/C6H8N4O2S/c1-3-5(12)8-6(10-9-3)13-2-4(7)11/h2H2,1H3,(H2,7,11)(H,8,10,12). The predicted octanol–water partition coefficient (Wildman–Crippen LogP) is -0.949. The molecule has 1 amide bonds. The van der Waals surface area contributed by atoms with E-state index in [1.54, 1.807) is 6.92 Å². The second-order valence-electron chi connectivity index (χ2n) is 2.30. The van der Waals surface area contributed by atoms with Gasteiger partial charge in [-0.3, -0.25) is 14.6 Å². The fourth-order valence-electron chi connectivity index (χ4n) is 0.583. The smallest absolute Gasteiger partial charge is 0.273 e. The van der Waals surface area contributed by atoms with Gasteiger partial charge in [0.2, 0.25) is 5.91 Å². The highest BCUT2D eigenvalue weighted by Crippen LogP contribution is 2.07. The van der Waals surface area contributed by atoms with Gasteiger partial charge in [0.15, 0.2) is 5.16 Å². The number of nitrogens with zero attached hydrogens (tertiary/aromatic N) is 2. The van der Waals surface area contributed by atoms with Crippen LogP contribution < -0.4 is 11.3 Å². The van der Waals surface area contributed by atoms with Gasteiger partial charge in [0.05, 0.1) is 5.75 Å². The molecule has 1 aromatic heterocycles. The molecule has 0 spiro atoms. The zero-order valence-corrected chi connectivity index (χ0v) is 7.72. The first-order chi connectivity index (χ1) is 6.09. The van der Waals surface area contributed by atoms with Crippen LogP contribution in [-0.4, -0.2) is 26.8 Å². The molecule has 0 saturated heterocycles. The van der Waals surface area contributed by atoms with Gasteiger partial charge in [-0.2, -0.15) is 0 Å². The van der Waals surface area contributed by atoms with E-state index in [2.05, 4.69) is 15.2 Å². The third-order valence-electron chi connectivity index (χ3n) is 1.19. The molecule has 1 aromatic rings. The minimum absolute atomic E-state index is 0.0771. The van der Waals surface area contributed by atoms with E-state index in [1.807, 2.05) is 0 Å². The molecule has 0 atom stereocenters. The first kappa shape index (κ1) is 9.72. The average molecular weight is 200 g/mol. The van der Waals surface area contributed by atoms with Crippen LogP contribution in [0, 0.1) is 6.92 Å². The number of aromatic nitrogens is 3. The van der Waals surface area contributed by atoms with E-state index in [-0.39, 0.29) is 11.3 Å². The number of carbonyl (C=O) groups is 1. The summed E-state index contributed by atoms with van der Waals surface area (Å²) in [7, 11) is 0. The van der Waals surface area contributed by atoms with E-state index >= 15 is 0 Å². The Morgan fingerprint density at radius 1 is 1.62 bits per heavy atom. The van der Waals surface area contributed by atoms with Gasteiger partial charge in [-0.25, -0.2) is 0 Å². The van der Waals surface area contributed by atoms with Crippen molar-refractivity contribution in [1.29, 1.82) is 0 Å². The van der Waals surface area contributed by atoms with Crippen molar-refractivity contribution in [2.45, 2.75) is 12.1 Å². The Balaban J connectivity index is 2.74. The van der Waals surface area contributed by atoms with Gasteiger partial charge < -0.3 is 5.73 Å². The van der Waals surface area contributed by atoms with Crippen LogP contribution in [0.25, 0.3) is 0 Å². The van der Waals surface area contributed by atoms with Gasteiger partial charge in [0, 0.05) is 0 Å². The normalized spacial score (nSPS) is 9.92. The van der Waals surface area contributed by atoms with Crippen molar-refractivity contribution in [2.75, 3.05) is 5.75 Å². The molecule has 0 bridgehead atoms. The second-order valence-corrected chi connectivity index (χ2v) is 3.26. The third kappa shape index (κ3) is 2.86. The summed E-state index contributed by atoms with van der Waals surface area (Å²) >= 11 is 1.05. The molecule has 0 unspecified atom stereocenters. The number of hydrogen-bond acceptors (Lipinski definition) is 5. The lowest BCUT2D eigenvalue weighted by molar-refractivity contribution is -0.115. The molecule has 0 aliphatic heterocycles. The van der Waals surface area contributed by atoms with E-state index in [4.69, 9.17) is 5.73 Å². The molecule has 0 fully saturated rings. The zero-order chi connectivity index (χ0) is 9.84. The summed E-state index contributed by atoms with van der Waals surface area (Å²) in [5, 5.41) is 7.55. The van der Waals surface area contributed by atoms with Crippen molar-refractivity contribution < 1.29 is 4.79 Å². The Hall–Kier alpha value is -1.37. The fourth-order valence-corrected chi connectivity index (χ4v) is 1.13. The van der Waals surface area contributed by atoms with E-state index in [0.717, 1.165) is 11.8 Å². The van der Waals surface area contributed by atoms with Gasteiger partial charge in [-0.1, -0.05) is 11.8 Å². The molecule has 7 heteroatoms. The van der Waals surface area contributed by atoms with Crippen LogP contribution in [0.4, 0.5) is 0 Å². The van der Waals surface area contributed by atoms with Crippen molar-refractivity contribution in [3.05, 3.63) is 16.0 Å². The van der Waals surface area contributed by atoms with Crippen LogP contribution in [0.1, 0.15) is 5.69 Å². The lowest BCUT2D eigenvalue weighted by Gasteiger charge is -1.96. The highest BCUT2D eigenvalue weighted by molar-refractivity contribution is 7.99. The lowest BCUT2D eigenvalue weighted by Crippen LogP contribution is -2.17. The molecule has 0 saturated carbocycles. The molecular weight excluding hydrogens is 192 g/mol. The molecule has 0 aliphatic carbocycles. The van der Waals surface area contributed by atoms with Gasteiger partial charge in [0.25, 0.3) is 5.56 Å². The number of primary amides is 1. The summed E-state index contributed by atoms with van der Waals surface area (Å²) in [6.07, 6.45) is 0. The Morgan fingerprint density at radius 2 is 2.31 bits per heavy atom. The number of nitrogens with one attached hydrogen (secondary N) is 1. The Bertz CT molecular complexity index is 375. The van der Waals surface area contributed by atoms with Crippen molar-refractivity contribution in [2.24, 2.45) is 5.73 Å². The first-order valence-electron chi connectivity index (χ1n) is 3.44. The number of hydrogen-bond donors (Lipinski definition) is 2. The van der Waals surface area contributed by atoms with Gasteiger partial charge >= 0.3 is 0 Å². The number of rotatable bonds is 3. The Morgan fingerprint density at radius 3 is 2.85 bits per heavy atom. The monoisotopic (exact) mass is 200 g/mol. The molecule has 3 N–H and O–H groups in total. The third-order valence-corrected chi connectivity index (χ3v) is 2.08. The number of nitrogens with two attached hydrogens (primary N) is 1. The van der Waals surface area contributed by atoms with Crippen LogP contribution >= 0.6 is 11.8 Å². The van der Waals surface area contributed by atoms with Crippen LogP contribution in [-0.2, 0) is 4.79 Å². The molecule has 0 radical (unpaired) electrons. The summed E-state index contributed by atoms with van der Waals surface area (Å²) in [6, 6.07) is 0. The second kappa shape index (κ2) is 4.04. The molecule has 1 rings (SSSR count). The SMILES string of the molecule is Cc1nnc(SCC(N)=O)[nH]c1=O. The molecule has 6 nitrogen and oxygen atoms in total. The van der Waals surface area contributed by atoms with Crippen molar-refractivity contribution >= 4 is 17.7 Å². The summed E-state index contributed by atoms with van der Waals surface area (Å²) in [6.45, 7) is 1.55. The molecule has 1 heterocycles. The van der Waals surface area contributed by atoms with Crippen LogP contribution in [0.3, 0.4) is 0 Å². The molecule has 13 heavy (non-hydrogen) atoms. The summed E-state index contributed by atoms with van der Waals surface area (Å²) in [4.78, 5) is 23.8. The first-order valence-corrected chi connectivity index (χ1v) is 4.43. The summed E-state index contributed by atoms with van der Waals surface area (Å²) in [5.74, 6) is -0.388. The molecule has 0 aliphatic rings. The van der Waals surface area contributed by atoms with Crippen LogP contribution in [0.15, 0.2) is 9.95 Å². The van der Waals surface area contributed by atoms with E-state index < -0.39 is 5.91 Å². The van der Waals surface area contributed by atoms with Gasteiger partial charge in [-0.15, -0.1) is 10.2 Å². The van der Waals surface area contributed by atoms with Crippen LogP contribution in [0.2, 0.25) is 0 Å². The molecule has 70 valence electrons.